The lowest BCUT2D eigenvalue weighted by Gasteiger charge is -2.27. The van der Waals surface area contributed by atoms with Gasteiger partial charge in [-0.15, -0.1) is 0 Å². The van der Waals surface area contributed by atoms with E-state index in [2.05, 4.69) is 24.3 Å². The molecule has 6 atom stereocenters. The number of hydrogen-bond acceptors (Lipinski definition) is 3. The van der Waals surface area contributed by atoms with E-state index in [4.69, 9.17) is 9.47 Å². The molecule has 0 spiro atoms. The number of hydrogen-bond donors (Lipinski definition) is 0. The number of benzene rings is 1. The van der Waals surface area contributed by atoms with E-state index >= 15 is 0 Å². The highest BCUT2D eigenvalue weighted by atomic mass is 16.5. The molecular formula is C19H22O3. The number of esters is 1. The molecule has 0 aromatic heterocycles. The van der Waals surface area contributed by atoms with E-state index in [1.165, 1.54) is 18.9 Å². The highest BCUT2D eigenvalue weighted by Crippen LogP contribution is 2.57. The van der Waals surface area contributed by atoms with Crippen LogP contribution in [0.3, 0.4) is 0 Å². The molecule has 116 valence electrons. The molecule has 0 amide bonds. The summed E-state index contributed by atoms with van der Waals surface area (Å²) in [6.45, 7) is 2.15. The van der Waals surface area contributed by atoms with Crippen LogP contribution in [0.2, 0.25) is 0 Å². The SMILES string of the molecule is CC(=O)O[C@@H]1C[C@@H](OCc2ccccc2)[C@H]2[C@@H]1[C@H]1C=C[C@@H]2C1. The Hall–Kier alpha value is -1.61. The van der Waals surface area contributed by atoms with Crippen molar-refractivity contribution in [3.63, 3.8) is 0 Å². The van der Waals surface area contributed by atoms with Gasteiger partial charge >= 0.3 is 5.97 Å². The predicted octanol–water partition coefficient (Wildman–Crippen LogP) is 3.35. The van der Waals surface area contributed by atoms with Crippen molar-refractivity contribution in [1.29, 1.82) is 0 Å². The maximum atomic E-state index is 11.4. The second kappa shape index (κ2) is 5.54. The largest absolute Gasteiger partial charge is 0.462 e. The molecule has 2 saturated carbocycles. The lowest BCUT2D eigenvalue weighted by atomic mass is 9.84. The first-order valence-corrected chi connectivity index (χ1v) is 8.23. The molecule has 2 bridgehead atoms. The van der Waals surface area contributed by atoms with Crippen molar-refractivity contribution < 1.29 is 14.3 Å². The van der Waals surface area contributed by atoms with Crippen molar-refractivity contribution in [1.82, 2.24) is 0 Å². The van der Waals surface area contributed by atoms with E-state index in [0.29, 0.717) is 30.3 Å². The van der Waals surface area contributed by atoms with Gasteiger partial charge in [0, 0.05) is 19.3 Å². The monoisotopic (exact) mass is 298 g/mol. The maximum absolute atomic E-state index is 11.4. The Bertz CT molecular complexity index is 580. The highest BCUT2D eigenvalue weighted by Gasteiger charge is 2.57. The van der Waals surface area contributed by atoms with E-state index < -0.39 is 0 Å². The van der Waals surface area contributed by atoms with Crippen LogP contribution in [0.4, 0.5) is 0 Å². The molecule has 0 unspecified atom stereocenters. The molecule has 1 aromatic rings. The standard InChI is InChI=1S/C19H22O3/c1-12(20)22-17-10-16(21-11-13-5-3-2-4-6-13)18-14-7-8-15(9-14)19(17)18/h2-8,14-19H,9-11H2,1H3/t14-,15+,16-,17-,18+,19-/m1/s1. The lowest BCUT2D eigenvalue weighted by Crippen LogP contribution is -2.28. The second-order valence-electron chi connectivity index (χ2n) is 6.82. The Morgan fingerprint density at radius 3 is 2.41 bits per heavy atom. The van der Waals surface area contributed by atoms with Gasteiger partial charge in [-0.25, -0.2) is 0 Å². The molecule has 3 heteroatoms. The molecule has 0 saturated heterocycles. The fourth-order valence-corrected chi connectivity index (χ4v) is 4.79. The van der Waals surface area contributed by atoms with Crippen LogP contribution in [-0.4, -0.2) is 18.2 Å². The molecule has 1 aromatic carbocycles. The first-order chi connectivity index (χ1) is 10.7. The van der Waals surface area contributed by atoms with Crippen molar-refractivity contribution >= 4 is 5.97 Å². The zero-order valence-electron chi connectivity index (χ0n) is 12.9. The fourth-order valence-electron chi connectivity index (χ4n) is 4.79. The van der Waals surface area contributed by atoms with Crippen molar-refractivity contribution in [3.8, 4) is 0 Å². The van der Waals surface area contributed by atoms with Crippen LogP contribution in [0.25, 0.3) is 0 Å². The summed E-state index contributed by atoms with van der Waals surface area (Å²) in [7, 11) is 0. The Balaban J connectivity index is 1.48. The van der Waals surface area contributed by atoms with Gasteiger partial charge in [0.2, 0.25) is 0 Å². The smallest absolute Gasteiger partial charge is 0.302 e. The first-order valence-electron chi connectivity index (χ1n) is 8.23. The highest BCUT2D eigenvalue weighted by molar-refractivity contribution is 5.66. The second-order valence-corrected chi connectivity index (χ2v) is 6.82. The van der Waals surface area contributed by atoms with E-state index in [1.54, 1.807) is 0 Å². The zero-order chi connectivity index (χ0) is 15.1. The van der Waals surface area contributed by atoms with Crippen LogP contribution in [0.1, 0.15) is 25.3 Å². The minimum atomic E-state index is -0.167. The van der Waals surface area contributed by atoms with Gasteiger partial charge in [0.15, 0.2) is 0 Å². The summed E-state index contributed by atoms with van der Waals surface area (Å²) in [5.41, 5.74) is 1.20. The van der Waals surface area contributed by atoms with Crippen LogP contribution in [-0.2, 0) is 20.9 Å². The van der Waals surface area contributed by atoms with Crippen molar-refractivity contribution in [3.05, 3.63) is 48.0 Å². The van der Waals surface area contributed by atoms with E-state index in [0.717, 1.165) is 6.42 Å². The quantitative estimate of drug-likeness (QED) is 0.632. The van der Waals surface area contributed by atoms with Gasteiger partial charge in [-0.1, -0.05) is 42.5 Å². The third-order valence-electron chi connectivity index (χ3n) is 5.53. The number of fused-ring (bicyclic) bond motifs is 5. The Kier molecular flexibility index (Phi) is 3.53. The molecule has 0 N–H and O–H groups in total. The Labute approximate surface area is 131 Å². The normalized spacial score (nSPS) is 38.2. The summed E-state index contributed by atoms with van der Waals surface area (Å²) in [4.78, 5) is 11.4. The lowest BCUT2D eigenvalue weighted by molar-refractivity contribution is -0.148. The molecule has 0 heterocycles. The summed E-state index contributed by atoms with van der Waals surface area (Å²) in [5, 5.41) is 0. The van der Waals surface area contributed by atoms with Gasteiger partial charge in [-0.3, -0.25) is 4.79 Å². The minimum absolute atomic E-state index is 0.0308. The topological polar surface area (TPSA) is 35.5 Å². The van der Waals surface area contributed by atoms with Crippen LogP contribution in [0, 0.1) is 23.7 Å². The summed E-state index contributed by atoms with van der Waals surface area (Å²) in [5.74, 6) is 1.99. The van der Waals surface area contributed by atoms with E-state index in [1.807, 2.05) is 18.2 Å². The number of ether oxygens (including phenoxy) is 2. The number of rotatable bonds is 4. The van der Waals surface area contributed by atoms with Crippen LogP contribution < -0.4 is 0 Å². The molecule has 0 aliphatic heterocycles. The number of carbonyl (C=O) groups excluding carboxylic acids is 1. The van der Waals surface area contributed by atoms with Crippen LogP contribution in [0.5, 0.6) is 0 Å². The molecule has 0 radical (unpaired) electrons. The molecule has 22 heavy (non-hydrogen) atoms. The van der Waals surface area contributed by atoms with Crippen LogP contribution >= 0.6 is 0 Å². The van der Waals surface area contributed by atoms with Gasteiger partial charge in [0.1, 0.15) is 6.10 Å². The summed E-state index contributed by atoms with van der Waals surface area (Å²) < 4.78 is 11.8. The van der Waals surface area contributed by atoms with E-state index in [9.17, 15) is 4.79 Å². The fraction of sp³-hybridized carbons (Fsp3) is 0.526. The van der Waals surface area contributed by atoms with Crippen LogP contribution in [0.15, 0.2) is 42.5 Å². The maximum Gasteiger partial charge on any atom is 0.302 e. The van der Waals surface area contributed by atoms with Gasteiger partial charge in [0.05, 0.1) is 12.7 Å². The number of carbonyl (C=O) groups is 1. The number of allylic oxidation sites excluding steroid dienone is 2. The minimum Gasteiger partial charge on any atom is -0.462 e. The summed E-state index contributed by atoms with van der Waals surface area (Å²) in [6.07, 6.45) is 6.95. The van der Waals surface area contributed by atoms with Gasteiger partial charge in [-0.05, 0) is 29.7 Å². The van der Waals surface area contributed by atoms with Crippen molar-refractivity contribution in [2.24, 2.45) is 23.7 Å². The van der Waals surface area contributed by atoms with Crippen molar-refractivity contribution in [2.45, 2.75) is 38.6 Å². The Morgan fingerprint density at radius 1 is 1.05 bits per heavy atom. The summed E-state index contributed by atoms with van der Waals surface area (Å²) in [6, 6.07) is 10.3. The Morgan fingerprint density at radius 2 is 1.73 bits per heavy atom. The van der Waals surface area contributed by atoms with E-state index in [-0.39, 0.29) is 18.2 Å². The van der Waals surface area contributed by atoms with Gasteiger partial charge < -0.3 is 9.47 Å². The predicted molar refractivity (Wildman–Crippen MR) is 82.9 cm³/mol. The molecule has 3 aliphatic rings. The van der Waals surface area contributed by atoms with Gasteiger partial charge in [-0.2, -0.15) is 0 Å². The summed E-state index contributed by atoms with van der Waals surface area (Å²) >= 11 is 0. The zero-order valence-corrected chi connectivity index (χ0v) is 12.9. The molecular weight excluding hydrogens is 276 g/mol. The molecule has 4 rings (SSSR count). The van der Waals surface area contributed by atoms with Crippen molar-refractivity contribution in [2.75, 3.05) is 0 Å². The molecule has 3 nitrogen and oxygen atoms in total. The average Bonchev–Trinajstić information content (AvgIpc) is 3.19. The molecule has 3 aliphatic carbocycles. The third kappa shape index (κ3) is 2.38. The third-order valence-corrected chi connectivity index (χ3v) is 5.53. The van der Waals surface area contributed by atoms with Gasteiger partial charge in [0.25, 0.3) is 0 Å². The average molecular weight is 298 g/mol. The molecule has 2 fully saturated rings. The first kappa shape index (κ1) is 14.0.